The Hall–Kier alpha value is -1.36. The van der Waals surface area contributed by atoms with Gasteiger partial charge in [-0.1, -0.05) is 13.8 Å². The lowest BCUT2D eigenvalue weighted by molar-refractivity contribution is -0.385. The predicted octanol–water partition coefficient (Wildman–Crippen LogP) is 3.52. The number of alkyl halides is 1. The molecule has 0 aliphatic heterocycles. The smallest absolute Gasteiger partial charge is 0.272 e. The molecule has 0 radical (unpaired) electrons. The van der Waals surface area contributed by atoms with Crippen LogP contribution < -0.4 is 4.74 Å². The molecule has 1 fully saturated rings. The number of nitro groups is 1. The van der Waals surface area contributed by atoms with Crippen LogP contribution in [0.2, 0.25) is 0 Å². The van der Waals surface area contributed by atoms with Crippen molar-refractivity contribution >= 4 is 17.3 Å². The third kappa shape index (κ3) is 2.14. The van der Waals surface area contributed by atoms with Gasteiger partial charge < -0.3 is 4.74 Å². The van der Waals surface area contributed by atoms with E-state index in [2.05, 4.69) is 0 Å². The van der Waals surface area contributed by atoms with Gasteiger partial charge in [0.25, 0.3) is 5.69 Å². The van der Waals surface area contributed by atoms with Crippen molar-refractivity contribution in [3.63, 3.8) is 0 Å². The molecular formula is C12H13ClFNO3. The summed E-state index contributed by atoms with van der Waals surface area (Å²) < 4.78 is 19.1. The van der Waals surface area contributed by atoms with E-state index in [1.54, 1.807) is 0 Å². The summed E-state index contributed by atoms with van der Waals surface area (Å²) in [5, 5.41) is 10.5. The fourth-order valence-electron chi connectivity index (χ4n) is 1.89. The number of nitro benzene ring substituents is 1. The summed E-state index contributed by atoms with van der Waals surface area (Å²) in [7, 11) is 0. The Labute approximate surface area is 109 Å². The van der Waals surface area contributed by atoms with Crippen molar-refractivity contribution in [1.29, 1.82) is 0 Å². The molecule has 1 aliphatic carbocycles. The second kappa shape index (κ2) is 4.39. The number of non-ortho nitro benzene ring substituents is 1. The highest BCUT2D eigenvalue weighted by Crippen LogP contribution is 2.46. The molecule has 2 atom stereocenters. The first kappa shape index (κ1) is 13.1. The van der Waals surface area contributed by atoms with Gasteiger partial charge in [-0.05, 0) is 6.07 Å². The molecule has 0 bridgehead atoms. The third-order valence-corrected chi connectivity index (χ3v) is 4.19. The van der Waals surface area contributed by atoms with Crippen molar-refractivity contribution in [2.75, 3.05) is 0 Å². The van der Waals surface area contributed by atoms with Gasteiger partial charge in [0, 0.05) is 23.3 Å². The lowest BCUT2D eigenvalue weighted by Gasteiger charge is -2.48. The van der Waals surface area contributed by atoms with Crippen molar-refractivity contribution in [3.05, 3.63) is 34.1 Å². The fraction of sp³-hybridized carbons (Fsp3) is 0.500. The lowest BCUT2D eigenvalue weighted by Crippen LogP contribution is -2.53. The van der Waals surface area contributed by atoms with Crippen molar-refractivity contribution in [2.24, 2.45) is 5.41 Å². The Morgan fingerprint density at radius 2 is 2.22 bits per heavy atom. The molecule has 6 heteroatoms. The molecule has 4 nitrogen and oxygen atoms in total. The molecule has 1 aromatic carbocycles. The van der Waals surface area contributed by atoms with Gasteiger partial charge in [0.1, 0.15) is 6.10 Å². The summed E-state index contributed by atoms with van der Waals surface area (Å²) in [5.74, 6) is -0.694. The minimum absolute atomic E-state index is 0.00334. The lowest BCUT2D eigenvalue weighted by atomic mass is 9.68. The van der Waals surface area contributed by atoms with Crippen molar-refractivity contribution in [3.8, 4) is 5.75 Å². The average molecular weight is 274 g/mol. The van der Waals surface area contributed by atoms with Crippen molar-refractivity contribution < 1.29 is 14.1 Å². The highest BCUT2D eigenvalue weighted by Gasteiger charge is 2.49. The van der Waals surface area contributed by atoms with Gasteiger partial charge in [0.05, 0.1) is 11.0 Å². The largest absolute Gasteiger partial charge is 0.487 e. The molecule has 0 amide bonds. The Morgan fingerprint density at radius 3 is 2.67 bits per heavy atom. The fourth-order valence-corrected chi connectivity index (χ4v) is 2.19. The van der Waals surface area contributed by atoms with Crippen LogP contribution in [0.1, 0.15) is 20.3 Å². The standard InChI is InChI=1S/C12H13ClFNO3/c1-12(2)10(13)6-11(12)18-9-4-3-7(15(16)17)5-8(9)14/h3-5,10-11H,6H2,1-2H3. The van der Waals surface area contributed by atoms with E-state index in [1.807, 2.05) is 13.8 Å². The highest BCUT2D eigenvalue weighted by molar-refractivity contribution is 6.21. The second-order valence-electron chi connectivity index (χ2n) is 5.00. The van der Waals surface area contributed by atoms with Gasteiger partial charge in [-0.15, -0.1) is 11.6 Å². The van der Waals surface area contributed by atoms with Crippen LogP contribution >= 0.6 is 11.6 Å². The van der Waals surface area contributed by atoms with Crippen LogP contribution in [-0.2, 0) is 0 Å². The molecule has 0 saturated heterocycles. The molecule has 0 aromatic heterocycles. The van der Waals surface area contributed by atoms with Crippen LogP contribution in [0.5, 0.6) is 5.75 Å². The second-order valence-corrected chi connectivity index (χ2v) is 5.53. The Bertz CT molecular complexity index is 492. The summed E-state index contributed by atoms with van der Waals surface area (Å²) in [6, 6.07) is 3.37. The van der Waals surface area contributed by atoms with Crippen LogP contribution in [0, 0.1) is 21.3 Å². The molecule has 0 heterocycles. The van der Waals surface area contributed by atoms with E-state index in [-0.39, 0.29) is 28.3 Å². The van der Waals surface area contributed by atoms with Crippen LogP contribution in [-0.4, -0.2) is 16.4 Å². The van der Waals surface area contributed by atoms with Crippen LogP contribution in [0.4, 0.5) is 10.1 Å². The minimum Gasteiger partial charge on any atom is -0.487 e. The van der Waals surface area contributed by atoms with E-state index in [1.165, 1.54) is 12.1 Å². The van der Waals surface area contributed by atoms with E-state index in [0.29, 0.717) is 6.42 Å². The number of hydrogen-bond donors (Lipinski definition) is 0. The number of halogens is 2. The molecule has 1 aliphatic rings. The van der Waals surface area contributed by atoms with Gasteiger partial charge in [-0.3, -0.25) is 10.1 Å². The number of hydrogen-bond acceptors (Lipinski definition) is 3. The molecule has 18 heavy (non-hydrogen) atoms. The van der Waals surface area contributed by atoms with Crippen LogP contribution in [0.15, 0.2) is 18.2 Å². The third-order valence-electron chi connectivity index (χ3n) is 3.45. The van der Waals surface area contributed by atoms with Crippen molar-refractivity contribution in [2.45, 2.75) is 31.7 Å². The van der Waals surface area contributed by atoms with Gasteiger partial charge >= 0.3 is 0 Å². The summed E-state index contributed by atoms with van der Waals surface area (Å²) >= 11 is 6.05. The van der Waals surface area contributed by atoms with E-state index < -0.39 is 10.7 Å². The van der Waals surface area contributed by atoms with Gasteiger partial charge in [0.2, 0.25) is 0 Å². The minimum atomic E-state index is -0.724. The van der Waals surface area contributed by atoms with Gasteiger partial charge in [-0.25, -0.2) is 4.39 Å². The summed E-state index contributed by atoms with van der Waals surface area (Å²) in [4.78, 5) is 9.84. The molecule has 0 spiro atoms. The maximum absolute atomic E-state index is 13.6. The topological polar surface area (TPSA) is 52.4 Å². The normalized spacial score (nSPS) is 25.3. The molecule has 0 N–H and O–H groups in total. The summed E-state index contributed by atoms with van der Waals surface area (Å²) in [6.07, 6.45) is 0.473. The van der Waals surface area contributed by atoms with E-state index >= 15 is 0 Å². The van der Waals surface area contributed by atoms with E-state index in [4.69, 9.17) is 16.3 Å². The monoisotopic (exact) mass is 273 g/mol. The Balaban J connectivity index is 2.14. The number of ether oxygens (including phenoxy) is 1. The summed E-state index contributed by atoms with van der Waals surface area (Å²) in [6.45, 7) is 3.89. The summed E-state index contributed by atoms with van der Waals surface area (Å²) in [5.41, 5.74) is -0.515. The zero-order valence-electron chi connectivity index (χ0n) is 10.0. The average Bonchev–Trinajstić information content (AvgIpc) is 2.30. The van der Waals surface area contributed by atoms with E-state index in [0.717, 1.165) is 6.07 Å². The Morgan fingerprint density at radius 1 is 1.56 bits per heavy atom. The van der Waals surface area contributed by atoms with Crippen molar-refractivity contribution in [1.82, 2.24) is 0 Å². The SMILES string of the molecule is CC1(C)C(Cl)CC1Oc1ccc([N+](=O)[O-])cc1F. The molecule has 1 aromatic rings. The molecular weight excluding hydrogens is 261 g/mol. The zero-order valence-corrected chi connectivity index (χ0v) is 10.8. The first-order valence-corrected chi connectivity index (χ1v) is 6.00. The predicted molar refractivity (Wildman–Crippen MR) is 65.5 cm³/mol. The quantitative estimate of drug-likeness (QED) is 0.481. The molecule has 2 unspecified atom stereocenters. The van der Waals surface area contributed by atoms with Crippen LogP contribution in [0.25, 0.3) is 0 Å². The molecule has 98 valence electrons. The number of rotatable bonds is 3. The maximum atomic E-state index is 13.6. The number of nitrogens with zero attached hydrogens (tertiary/aromatic N) is 1. The maximum Gasteiger partial charge on any atom is 0.272 e. The van der Waals surface area contributed by atoms with Gasteiger partial charge in [0.15, 0.2) is 11.6 Å². The van der Waals surface area contributed by atoms with Gasteiger partial charge in [-0.2, -0.15) is 0 Å². The first-order chi connectivity index (χ1) is 8.32. The van der Waals surface area contributed by atoms with Crippen LogP contribution in [0.3, 0.4) is 0 Å². The zero-order chi connectivity index (χ0) is 13.5. The molecule has 2 rings (SSSR count). The highest BCUT2D eigenvalue weighted by atomic mass is 35.5. The number of benzene rings is 1. The first-order valence-electron chi connectivity index (χ1n) is 5.57. The Kier molecular flexibility index (Phi) is 3.19. The molecule has 1 saturated carbocycles. The van der Waals surface area contributed by atoms with E-state index in [9.17, 15) is 14.5 Å².